The van der Waals surface area contributed by atoms with Crippen molar-refractivity contribution in [1.29, 1.82) is 0 Å². The molecule has 1 atom stereocenters. The Morgan fingerprint density at radius 1 is 1.50 bits per heavy atom. The molecule has 0 aliphatic rings. The number of nitrogens with one attached hydrogen (secondary N) is 1. The normalized spacial score (nSPS) is 12.2. The maximum Gasteiger partial charge on any atom is 0.326 e. The van der Waals surface area contributed by atoms with Gasteiger partial charge in [-0.3, -0.25) is 9.78 Å². The van der Waals surface area contributed by atoms with Gasteiger partial charge in [0.1, 0.15) is 6.04 Å². The van der Waals surface area contributed by atoms with Crippen LogP contribution in [0.25, 0.3) is 0 Å². The molecule has 0 saturated heterocycles. The van der Waals surface area contributed by atoms with Gasteiger partial charge < -0.3 is 10.4 Å². The summed E-state index contributed by atoms with van der Waals surface area (Å²) < 4.78 is 0.538. The maximum atomic E-state index is 11.9. The second-order valence-corrected chi connectivity index (χ2v) is 5.20. The molecule has 0 bridgehead atoms. The molecule has 0 saturated carbocycles. The van der Waals surface area contributed by atoms with Crippen LogP contribution in [0, 0.1) is 5.92 Å². The summed E-state index contributed by atoms with van der Waals surface area (Å²) in [5.74, 6) is -1.26. The number of amides is 1. The number of carbonyl (C=O) groups is 2. The van der Waals surface area contributed by atoms with Gasteiger partial charge in [0.2, 0.25) is 0 Å². The molecule has 1 aromatic rings. The van der Waals surface area contributed by atoms with E-state index < -0.39 is 17.9 Å². The summed E-state index contributed by atoms with van der Waals surface area (Å²) in [7, 11) is 0. The number of carboxylic acids is 1. The van der Waals surface area contributed by atoms with Crippen LogP contribution in [0.5, 0.6) is 0 Å². The molecule has 0 spiro atoms. The number of hydrogen-bond donors (Lipinski definition) is 2. The minimum absolute atomic E-state index is 0.187. The average Bonchev–Trinajstić information content (AvgIpc) is 2.27. The van der Waals surface area contributed by atoms with Gasteiger partial charge in [0.05, 0.1) is 5.56 Å². The number of carboxylic acid groups (broad SMARTS) is 1. The van der Waals surface area contributed by atoms with E-state index in [-0.39, 0.29) is 5.92 Å². The number of halogens is 1. The van der Waals surface area contributed by atoms with Crippen molar-refractivity contribution in [3.05, 3.63) is 28.5 Å². The van der Waals surface area contributed by atoms with E-state index in [0.717, 1.165) is 0 Å². The van der Waals surface area contributed by atoms with Gasteiger partial charge in [-0.1, -0.05) is 13.8 Å². The van der Waals surface area contributed by atoms with Crippen molar-refractivity contribution in [1.82, 2.24) is 10.3 Å². The summed E-state index contributed by atoms with van der Waals surface area (Å²) in [6.07, 6.45) is 3.37. The Hall–Kier alpha value is -1.43. The van der Waals surface area contributed by atoms with Gasteiger partial charge in [-0.2, -0.15) is 0 Å². The lowest BCUT2D eigenvalue weighted by molar-refractivity contribution is -0.139. The van der Waals surface area contributed by atoms with Crippen LogP contribution in [-0.4, -0.2) is 28.0 Å². The largest absolute Gasteiger partial charge is 0.480 e. The topological polar surface area (TPSA) is 79.3 Å². The molecule has 98 valence electrons. The van der Waals surface area contributed by atoms with E-state index in [1.807, 2.05) is 13.8 Å². The fourth-order valence-electron chi connectivity index (χ4n) is 1.49. The van der Waals surface area contributed by atoms with Crippen molar-refractivity contribution in [2.24, 2.45) is 5.92 Å². The third-order valence-corrected chi connectivity index (χ3v) is 2.96. The third-order valence-electron chi connectivity index (χ3n) is 2.33. The van der Waals surface area contributed by atoms with Crippen LogP contribution in [0.4, 0.5) is 0 Å². The number of rotatable bonds is 5. The predicted molar refractivity (Wildman–Crippen MR) is 70.3 cm³/mol. The second kappa shape index (κ2) is 6.49. The van der Waals surface area contributed by atoms with E-state index in [1.54, 1.807) is 0 Å². The Bertz CT molecular complexity index is 449. The standard InChI is InChI=1S/C12H15BrN2O3/c1-7(2)5-10(12(17)18)15-11(16)8-3-4-14-6-9(8)13/h3-4,6-7,10H,5H2,1-2H3,(H,15,16)(H,17,18). The molecule has 1 amide bonds. The Balaban J connectivity index is 2.79. The zero-order chi connectivity index (χ0) is 13.7. The van der Waals surface area contributed by atoms with Crippen molar-refractivity contribution in [3.8, 4) is 0 Å². The minimum atomic E-state index is -1.03. The molecule has 1 rings (SSSR count). The summed E-state index contributed by atoms with van der Waals surface area (Å²) in [5.41, 5.74) is 0.375. The average molecular weight is 315 g/mol. The van der Waals surface area contributed by atoms with Crippen LogP contribution in [0.2, 0.25) is 0 Å². The van der Waals surface area contributed by atoms with Gasteiger partial charge >= 0.3 is 5.97 Å². The van der Waals surface area contributed by atoms with Gasteiger partial charge in [0.25, 0.3) is 5.91 Å². The summed E-state index contributed by atoms with van der Waals surface area (Å²) in [6.45, 7) is 3.81. The van der Waals surface area contributed by atoms with Crippen LogP contribution in [-0.2, 0) is 4.79 Å². The molecule has 0 aliphatic heterocycles. The molecule has 0 radical (unpaired) electrons. The highest BCUT2D eigenvalue weighted by Gasteiger charge is 2.22. The van der Waals surface area contributed by atoms with E-state index in [2.05, 4.69) is 26.2 Å². The lowest BCUT2D eigenvalue weighted by Crippen LogP contribution is -2.41. The summed E-state index contributed by atoms with van der Waals surface area (Å²) in [4.78, 5) is 26.8. The third kappa shape index (κ3) is 4.10. The number of carbonyl (C=O) groups excluding carboxylic acids is 1. The summed E-state index contributed by atoms with van der Waals surface area (Å²) >= 11 is 3.20. The molecule has 6 heteroatoms. The van der Waals surface area contributed by atoms with E-state index in [4.69, 9.17) is 5.11 Å². The summed E-state index contributed by atoms with van der Waals surface area (Å²) in [5, 5.41) is 11.6. The maximum absolute atomic E-state index is 11.9. The molecule has 2 N–H and O–H groups in total. The van der Waals surface area contributed by atoms with Crippen LogP contribution in [0.3, 0.4) is 0 Å². The molecular weight excluding hydrogens is 300 g/mol. The molecule has 18 heavy (non-hydrogen) atoms. The molecule has 1 unspecified atom stereocenters. The fourth-order valence-corrected chi connectivity index (χ4v) is 1.92. The lowest BCUT2D eigenvalue weighted by Gasteiger charge is -2.16. The number of aliphatic carboxylic acids is 1. The molecule has 5 nitrogen and oxygen atoms in total. The van der Waals surface area contributed by atoms with Crippen molar-refractivity contribution < 1.29 is 14.7 Å². The van der Waals surface area contributed by atoms with Gasteiger partial charge in [-0.25, -0.2) is 4.79 Å². The van der Waals surface area contributed by atoms with Crippen molar-refractivity contribution in [3.63, 3.8) is 0 Å². The van der Waals surface area contributed by atoms with Gasteiger partial charge in [-0.05, 0) is 34.3 Å². The van der Waals surface area contributed by atoms with Crippen molar-refractivity contribution in [2.45, 2.75) is 26.3 Å². The van der Waals surface area contributed by atoms with E-state index in [1.165, 1.54) is 18.5 Å². The highest BCUT2D eigenvalue weighted by atomic mass is 79.9. The Morgan fingerprint density at radius 3 is 2.67 bits per heavy atom. The smallest absolute Gasteiger partial charge is 0.326 e. The Kier molecular flexibility index (Phi) is 5.27. The van der Waals surface area contributed by atoms with Crippen LogP contribution in [0.1, 0.15) is 30.6 Å². The van der Waals surface area contributed by atoms with Gasteiger partial charge in [0, 0.05) is 16.9 Å². The first-order valence-corrected chi connectivity index (χ1v) is 6.34. The summed E-state index contributed by atoms with van der Waals surface area (Å²) in [6, 6.07) is 0.658. The number of nitrogens with zero attached hydrogens (tertiary/aromatic N) is 1. The van der Waals surface area contributed by atoms with Crippen LogP contribution < -0.4 is 5.32 Å². The van der Waals surface area contributed by atoms with Crippen molar-refractivity contribution >= 4 is 27.8 Å². The Labute approximate surface area is 114 Å². The SMILES string of the molecule is CC(C)CC(NC(=O)c1ccncc1Br)C(=O)O. The zero-order valence-electron chi connectivity index (χ0n) is 10.2. The van der Waals surface area contributed by atoms with Gasteiger partial charge in [0.15, 0.2) is 0 Å². The number of pyridine rings is 1. The first kappa shape index (κ1) is 14.6. The van der Waals surface area contributed by atoms with Crippen LogP contribution in [0.15, 0.2) is 22.9 Å². The fraction of sp³-hybridized carbons (Fsp3) is 0.417. The molecule has 0 aliphatic carbocycles. The van der Waals surface area contributed by atoms with E-state index >= 15 is 0 Å². The quantitative estimate of drug-likeness (QED) is 0.872. The molecule has 1 aromatic heterocycles. The van der Waals surface area contributed by atoms with E-state index in [0.29, 0.717) is 16.5 Å². The van der Waals surface area contributed by atoms with Gasteiger partial charge in [-0.15, -0.1) is 0 Å². The zero-order valence-corrected chi connectivity index (χ0v) is 11.8. The second-order valence-electron chi connectivity index (χ2n) is 4.35. The molecular formula is C12H15BrN2O3. The van der Waals surface area contributed by atoms with Crippen LogP contribution >= 0.6 is 15.9 Å². The monoisotopic (exact) mass is 314 g/mol. The molecule has 0 aromatic carbocycles. The highest BCUT2D eigenvalue weighted by molar-refractivity contribution is 9.10. The predicted octanol–water partition coefficient (Wildman–Crippen LogP) is 2.07. The lowest BCUT2D eigenvalue weighted by atomic mass is 10.0. The molecule has 1 heterocycles. The first-order chi connectivity index (χ1) is 8.41. The number of aromatic nitrogens is 1. The van der Waals surface area contributed by atoms with E-state index in [9.17, 15) is 9.59 Å². The van der Waals surface area contributed by atoms with Crippen molar-refractivity contribution in [2.75, 3.05) is 0 Å². The highest BCUT2D eigenvalue weighted by Crippen LogP contribution is 2.15. The minimum Gasteiger partial charge on any atom is -0.480 e. The molecule has 0 fully saturated rings. The first-order valence-electron chi connectivity index (χ1n) is 5.55. The Morgan fingerprint density at radius 2 is 2.17 bits per heavy atom. The number of hydrogen-bond acceptors (Lipinski definition) is 3.